The zero-order valence-electron chi connectivity index (χ0n) is 17.2. The largest absolute Gasteiger partial charge is 0.369 e. The second-order valence-electron chi connectivity index (χ2n) is 7.07. The Balaban J connectivity index is 2.09. The van der Waals surface area contributed by atoms with Crippen LogP contribution >= 0.6 is 0 Å². The minimum absolute atomic E-state index is 0.133. The van der Waals surface area contributed by atoms with Gasteiger partial charge in [0.25, 0.3) is 10.0 Å². The molecule has 1 aromatic heterocycles. The van der Waals surface area contributed by atoms with Crippen LogP contribution in [0.1, 0.15) is 38.7 Å². The Kier molecular flexibility index (Phi) is 6.56. The first-order chi connectivity index (χ1) is 14.4. The van der Waals surface area contributed by atoms with E-state index >= 15 is 0 Å². The summed E-state index contributed by atoms with van der Waals surface area (Å²) in [7, 11) is -3.76. The fourth-order valence-electron chi connectivity index (χ4n) is 3.31. The van der Waals surface area contributed by atoms with E-state index in [-0.39, 0.29) is 10.9 Å². The lowest BCUT2D eigenvalue weighted by Crippen LogP contribution is -2.33. The van der Waals surface area contributed by atoms with Crippen LogP contribution in [0.3, 0.4) is 0 Å². The second-order valence-corrected chi connectivity index (χ2v) is 8.89. The van der Waals surface area contributed by atoms with E-state index in [2.05, 4.69) is 12.0 Å². The monoisotopic (exact) mass is 425 g/mol. The first-order valence-electron chi connectivity index (χ1n) is 9.94. The number of unbranched alkanes of at least 4 members (excludes halogenated alkanes) is 2. The number of fused-ring (bicyclic) bond motifs is 1. The van der Waals surface area contributed by atoms with Gasteiger partial charge in [-0.2, -0.15) is 5.10 Å². The number of benzene rings is 2. The molecule has 0 bridgehead atoms. The predicted octanol–water partition coefficient (Wildman–Crippen LogP) is 3.99. The molecule has 0 amide bonds. The van der Waals surface area contributed by atoms with E-state index in [0.717, 1.165) is 24.6 Å². The lowest BCUT2D eigenvalue weighted by atomic mass is 10.1. The number of nitrogens with zero attached hydrogens (tertiary/aromatic N) is 3. The normalized spacial score (nSPS) is 12.3. The van der Waals surface area contributed by atoms with Crippen LogP contribution in [0.25, 0.3) is 10.9 Å². The van der Waals surface area contributed by atoms with Crippen LogP contribution in [-0.2, 0) is 10.0 Å². The molecule has 30 heavy (non-hydrogen) atoms. The van der Waals surface area contributed by atoms with Gasteiger partial charge in [-0.25, -0.2) is 17.4 Å². The number of hydrogen-bond donors (Lipinski definition) is 2. The van der Waals surface area contributed by atoms with Crippen molar-refractivity contribution in [1.29, 1.82) is 5.41 Å². The average molecular weight is 426 g/mol. The number of aromatic nitrogens is 1. The number of hydrazone groups is 1. The van der Waals surface area contributed by atoms with Crippen LogP contribution < -0.4 is 5.73 Å². The maximum atomic E-state index is 13.2. The Hall–Kier alpha value is -3.13. The van der Waals surface area contributed by atoms with Gasteiger partial charge < -0.3 is 5.73 Å². The maximum Gasteiger partial charge on any atom is 0.268 e. The zero-order valence-corrected chi connectivity index (χ0v) is 18.1. The lowest BCUT2D eigenvalue weighted by molar-refractivity contribution is 0.418. The van der Waals surface area contributed by atoms with Gasteiger partial charge in [-0.3, -0.25) is 5.41 Å². The highest BCUT2D eigenvalue weighted by molar-refractivity contribution is 7.90. The van der Waals surface area contributed by atoms with Crippen molar-refractivity contribution in [2.45, 2.75) is 38.0 Å². The van der Waals surface area contributed by atoms with Crippen molar-refractivity contribution in [3.63, 3.8) is 0 Å². The molecule has 0 atom stereocenters. The van der Waals surface area contributed by atoms with Gasteiger partial charge in [0.1, 0.15) is 0 Å². The van der Waals surface area contributed by atoms with E-state index < -0.39 is 10.0 Å². The SMILES string of the molecule is CCCCCN(/N=C(\C)c1cn(S(=O)(=O)c2ccccc2)c2ccccc12)C(=N)N. The minimum Gasteiger partial charge on any atom is -0.369 e. The Bertz CT molecular complexity index is 1170. The average Bonchev–Trinajstić information content (AvgIpc) is 3.14. The number of hydrogen-bond acceptors (Lipinski definition) is 4. The van der Waals surface area contributed by atoms with Crippen LogP contribution in [-0.4, -0.2) is 35.6 Å². The molecule has 3 aromatic rings. The Morgan fingerprint density at radius 3 is 2.43 bits per heavy atom. The molecular formula is C22H27N5O2S. The first kappa shape index (κ1) is 21.6. The highest BCUT2D eigenvalue weighted by atomic mass is 32.2. The molecular weight excluding hydrogens is 398 g/mol. The van der Waals surface area contributed by atoms with Gasteiger partial charge in [0.05, 0.1) is 16.1 Å². The third-order valence-electron chi connectivity index (χ3n) is 4.89. The van der Waals surface area contributed by atoms with Gasteiger partial charge in [0.15, 0.2) is 0 Å². The molecule has 1 heterocycles. The molecule has 3 N–H and O–H groups in total. The van der Waals surface area contributed by atoms with Gasteiger partial charge >= 0.3 is 0 Å². The van der Waals surface area contributed by atoms with Crippen LogP contribution in [0.4, 0.5) is 0 Å². The Labute approximate surface area is 177 Å². The summed E-state index contributed by atoms with van der Waals surface area (Å²) in [4.78, 5) is 0.219. The molecule has 3 rings (SSSR count). The van der Waals surface area contributed by atoms with E-state index in [1.165, 1.54) is 8.98 Å². The van der Waals surface area contributed by atoms with Crippen molar-refractivity contribution in [2.75, 3.05) is 6.54 Å². The summed E-state index contributed by atoms with van der Waals surface area (Å²) in [5, 5.41) is 14.6. The minimum atomic E-state index is -3.76. The molecule has 0 fully saturated rings. The number of para-hydroxylation sites is 1. The summed E-state index contributed by atoms with van der Waals surface area (Å²) < 4.78 is 27.8. The highest BCUT2D eigenvalue weighted by Crippen LogP contribution is 2.26. The predicted molar refractivity (Wildman–Crippen MR) is 121 cm³/mol. The number of nitrogens with one attached hydrogen (secondary N) is 1. The van der Waals surface area contributed by atoms with E-state index in [1.807, 2.05) is 18.2 Å². The Morgan fingerprint density at radius 2 is 1.77 bits per heavy atom. The highest BCUT2D eigenvalue weighted by Gasteiger charge is 2.22. The second kappa shape index (κ2) is 9.13. The van der Waals surface area contributed by atoms with Gasteiger partial charge in [0, 0.05) is 23.7 Å². The third-order valence-corrected chi connectivity index (χ3v) is 6.58. The summed E-state index contributed by atoms with van der Waals surface area (Å²) in [5.41, 5.74) is 7.57. The van der Waals surface area contributed by atoms with E-state index in [1.54, 1.807) is 49.5 Å². The van der Waals surface area contributed by atoms with E-state index in [4.69, 9.17) is 11.1 Å². The van der Waals surface area contributed by atoms with Crippen LogP contribution in [0, 0.1) is 5.41 Å². The van der Waals surface area contributed by atoms with E-state index in [9.17, 15) is 8.42 Å². The lowest BCUT2D eigenvalue weighted by Gasteiger charge is -2.17. The van der Waals surface area contributed by atoms with Crippen molar-refractivity contribution >= 4 is 32.6 Å². The van der Waals surface area contributed by atoms with Crippen molar-refractivity contribution < 1.29 is 8.42 Å². The summed E-state index contributed by atoms with van der Waals surface area (Å²) in [5.74, 6) is -0.133. The quantitative estimate of drug-likeness (QED) is 0.246. The molecule has 0 spiro atoms. The summed E-state index contributed by atoms with van der Waals surface area (Å²) in [6.45, 7) is 4.45. The molecule has 0 aliphatic carbocycles. The van der Waals surface area contributed by atoms with Crippen LogP contribution in [0.2, 0.25) is 0 Å². The van der Waals surface area contributed by atoms with E-state index in [0.29, 0.717) is 23.3 Å². The van der Waals surface area contributed by atoms with Crippen molar-refractivity contribution in [1.82, 2.24) is 8.98 Å². The molecule has 7 nitrogen and oxygen atoms in total. The molecule has 0 aliphatic heterocycles. The fraction of sp³-hybridized carbons (Fsp3) is 0.273. The molecule has 0 unspecified atom stereocenters. The topological polar surface area (TPSA) is 105 Å². The van der Waals surface area contributed by atoms with Crippen LogP contribution in [0.5, 0.6) is 0 Å². The number of rotatable bonds is 8. The molecule has 158 valence electrons. The van der Waals surface area contributed by atoms with Gasteiger partial charge in [-0.15, -0.1) is 0 Å². The molecule has 0 saturated carbocycles. The Morgan fingerprint density at radius 1 is 1.10 bits per heavy atom. The number of nitrogens with two attached hydrogens (primary N) is 1. The first-order valence-corrected chi connectivity index (χ1v) is 11.4. The maximum absolute atomic E-state index is 13.2. The molecule has 0 radical (unpaired) electrons. The van der Waals surface area contributed by atoms with Gasteiger partial charge in [-0.1, -0.05) is 56.2 Å². The van der Waals surface area contributed by atoms with Crippen LogP contribution in [0.15, 0.2) is 70.8 Å². The van der Waals surface area contributed by atoms with Crippen molar-refractivity contribution in [3.8, 4) is 0 Å². The van der Waals surface area contributed by atoms with Crippen molar-refractivity contribution in [2.24, 2.45) is 10.8 Å². The smallest absolute Gasteiger partial charge is 0.268 e. The molecule has 0 saturated heterocycles. The molecule has 8 heteroatoms. The van der Waals surface area contributed by atoms with Gasteiger partial charge in [0.2, 0.25) is 5.96 Å². The standard InChI is InChI=1S/C22H27N5O2S/c1-3-4-10-15-26(22(23)24)25-17(2)20-16-27(21-14-9-8-13-19(20)21)30(28,29)18-11-6-5-7-12-18/h5-9,11-14,16H,3-4,10,15H2,1-2H3,(H3,23,24)/b25-17+. The third kappa shape index (κ3) is 4.38. The summed E-state index contributed by atoms with van der Waals surface area (Å²) >= 11 is 0. The summed E-state index contributed by atoms with van der Waals surface area (Å²) in [6, 6.07) is 15.7. The van der Waals surface area contributed by atoms with Crippen molar-refractivity contribution in [3.05, 3.63) is 66.4 Å². The summed E-state index contributed by atoms with van der Waals surface area (Å²) in [6.07, 6.45) is 4.54. The number of guanidine groups is 1. The van der Waals surface area contributed by atoms with Gasteiger partial charge in [-0.05, 0) is 31.5 Å². The molecule has 0 aliphatic rings. The fourth-order valence-corrected chi connectivity index (χ4v) is 4.70. The zero-order chi connectivity index (χ0) is 21.7. The molecule has 2 aromatic carbocycles.